The van der Waals surface area contributed by atoms with E-state index in [4.69, 9.17) is 14.2 Å². The number of ether oxygens (including phenoxy) is 3. The van der Waals surface area contributed by atoms with Gasteiger partial charge in [-0.15, -0.1) is 0 Å². The Balaban J connectivity index is 1.46. The van der Waals surface area contributed by atoms with Gasteiger partial charge in [0.1, 0.15) is 6.04 Å². The van der Waals surface area contributed by atoms with E-state index < -0.39 is 0 Å². The van der Waals surface area contributed by atoms with Crippen molar-refractivity contribution < 1.29 is 23.5 Å². The number of aromatic amines is 1. The molecule has 0 amide bonds. The molecule has 0 radical (unpaired) electrons. The summed E-state index contributed by atoms with van der Waals surface area (Å²) in [6, 6.07) is 10.1. The maximum Gasteiger partial charge on any atom is 0.231 e. The summed E-state index contributed by atoms with van der Waals surface area (Å²) in [5.41, 5.74) is 4.32. The third-order valence-corrected chi connectivity index (χ3v) is 6.55. The number of para-hydroxylation sites is 1. The zero-order valence-corrected chi connectivity index (χ0v) is 18.1. The largest absolute Gasteiger partial charge is 0.492 e. The van der Waals surface area contributed by atoms with Crippen LogP contribution < -0.4 is 14.2 Å². The van der Waals surface area contributed by atoms with Gasteiger partial charge in [-0.25, -0.2) is 0 Å². The van der Waals surface area contributed by atoms with Gasteiger partial charge < -0.3 is 23.7 Å². The number of fused-ring (bicyclic) bond motifs is 3. The molecule has 1 aromatic heterocycles. The number of aromatic nitrogens is 1. The lowest BCUT2D eigenvalue weighted by molar-refractivity contribution is -0.922. The first-order valence-electron chi connectivity index (χ1n) is 10.6. The van der Waals surface area contributed by atoms with Crippen molar-refractivity contribution in [1.82, 2.24) is 4.98 Å². The number of allylic oxidation sites excluding steroid dienone is 1. The van der Waals surface area contributed by atoms with Crippen LogP contribution in [0, 0.1) is 0 Å². The zero-order valence-electron chi connectivity index (χ0n) is 18.1. The molecule has 1 atom stereocenters. The third-order valence-electron chi connectivity index (χ3n) is 6.55. The van der Waals surface area contributed by atoms with Crippen molar-refractivity contribution in [2.45, 2.75) is 18.9 Å². The molecule has 31 heavy (non-hydrogen) atoms. The Morgan fingerprint density at radius 1 is 1.29 bits per heavy atom. The summed E-state index contributed by atoms with van der Waals surface area (Å²) >= 11 is 0. The molecule has 0 saturated heterocycles. The van der Waals surface area contributed by atoms with E-state index in [9.17, 15) is 4.79 Å². The van der Waals surface area contributed by atoms with Crippen LogP contribution in [-0.2, 0) is 11.2 Å². The highest BCUT2D eigenvalue weighted by molar-refractivity contribution is 5.97. The van der Waals surface area contributed by atoms with Gasteiger partial charge in [-0.2, -0.15) is 0 Å². The minimum absolute atomic E-state index is 0.0201. The van der Waals surface area contributed by atoms with Crippen LogP contribution in [0.15, 0.2) is 42.6 Å². The number of methoxy groups -OCH3 is 1. The topological polar surface area (TPSA) is 60.6 Å². The molecule has 0 spiro atoms. The molecule has 3 aromatic rings. The van der Waals surface area contributed by atoms with Crippen LogP contribution in [0.3, 0.4) is 0 Å². The van der Waals surface area contributed by atoms with E-state index in [-0.39, 0.29) is 18.6 Å². The van der Waals surface area contributed by atoms with Crippen LogP contribution in [0.1, 0.15) is 29.2 Å². The van der Waals surface area contributed by atoms with E-state index in [0.717, 1.165) is 45.2 Å². The summed E-state index contributed by atoms with van der Waals surface area (Å²) in [6.45, 7) is 1.14. The van der Waals surface area contributed by atoms with Gasteiger partial charge in [0, 0.05) is 23.5 Å². The molecule has 2 aromatic carbocycles. The molecule has 1 N–H and O–H groups in total. The smallest absolute Gasteiger partial charge is 0.231 e. The standard InChI is InChI=1S/C25H26N2O4/c1-27(2)11-10-16-12-22-24(31-15-30-22)25(29-3)23(16)21(27)13-18(28)9-8-17-14-26-20-7-5-4-6-19(17)20/h4-9,12,14,21H,10-11,13,15H2,1-3H3/p+1/t21-/m1/s1. The van der Waals surface area contributed by atoms with Crippen molar-refractivity contribution in [2.75, 3.05) is 34.5 Å². The van der Waals surface area contributed by atoms with Crippen LogP contribution in [0.2, 0.25) is 0 Å². The van der Waals surface area contributed by atoms with Gasteiger partial charge in [-0.3, -0.25) is 4.79 Å². The normalized spacial score (nSPS) is 19.0. The lowest BCUT2D eigenvalue weighted by atomic mass is 9.86. The highest BCUT2D eigenvalue weighted by atomic mass is 16.7. The van der Waals surface area contributed by atoms with Crippen molar-refractivity contribution in [3.63, 3.8) is 0 Å². The maximum absolute atomic E-state index is 13.1. The van der Waals surface area contributed by atoms with Crippen LogP contribution >= 0.6 is 0 Å². The van der Waals surface area contributed by atoms with Gasteiger partial charge in [0.15, 0.2) is 17.3 Å². The predicted octanol–water partition coefficient (Wildman–Crippen LogP) is 4.25. The first-order chi connectivity index (χ1) is 15.0. The van der Waals surface area contributed by atoms with E-state index in [1.165, 1.54) is 5.56 Å². The lowest BCUT2D eigenvalue weighted by Gasteiger charge is -2.43. The molecular weight excluding hydrogens is 392 g/mol. The van der Waals surface area contributed by atoms with E-state index in [1.807, 2.05) is 30.5 Å². The second-order valence-corrected chi connectivity index (χ2v) is 8.78. The molecule has 3 heterocycles. The van der Waals surface area contributed by atoms with E-state index in [1.54, 1.807) is 13.2 Å². The quantitative estimate of drug-likeness (QED) is 0.496. The maximum atomic E-state index is 13.1. The minimum Gasteiger partial charge on any atom is -0.492 e. The number of hydrogen-bond donors (Lipinski definition) is 1. The number of nitrogens with zero attached hydrogens (tertiary/aromatic N) is 1. The average Bonchev–Trinajstić information content (AvgIpc) is 3.39. The van der Waals surface area contributed by atoms with Crippen LogP contribution in [-0.4, -0.2) is 49.8 Å². The Labute approximate surface area is 181 Å². The van der Waals surface area contributed by atoms with Crippen LogP contribution in [0.4, 0.5) is 0 Å². The number of H-pyrrole nitrogens is 1. The Morgan fingerprint density at radius 2 is 2.13 bits per heavy atom. The molecule has 2 aliphatic rings. The van der Waals surface area contributed by atoms with Gasteiger partial charge in [0.2, 0.25) is 12.5 Å². The number of carbonyl (C=O) groups excluding carboxylic acids is 1. The summed E-state index contributed by atoms with van der Waals surface area (Å²) in [6.07, 6.45) is 6.85. The molecule has 0 unspecified atom stereocenters. The fourth-order valence-corrected chi connectivity index (χ4v) is 4.79. The molecule has 160 valence electrons. The predicted molar refractivity (Wildman–Crippen MR) is 119 cm³/mol. The van der Waals surface area contributed by atoms with Crippen LogP contribution in [0.5, 0.6) is 17.2 Å². The third kappa shape index (κ3) is 3.37. The Kier molecular flexibility index (Phi) is 4.74. The Bertz CT molecular complexity index is 1190. The Morgan fingerprint density at radius 3 is 2.97 bits per heavy atom. The van der Waals surface area contributed by atoms with Crippen molar-refractivity contribution in [1.29, 1.82) is 0 Å². The highest BCUT2D eigenvalue weighted by Gasteiger charge is 2.41. The van der Waals surface area contributed by atoms with Crippen molar-refractivity contribution in [3.05, 3.63) is 59.3 Å². The fraction of sp³-hybridized carbons (Fsp3) is 0.320. The first kappa shape index (κ1) is 19.7. The molecule has 0 aliphatic carbocycles. The monoisotopic (exact) mass is 419 g/mol. The van der Waals surface area contributed by atoms with Crippen molar-refractivity contribution >= 4 is 22.8 Å². The molecule has 5 rings (SSSR count). The van der Waals surface area contributed by atoms with Gasteiger partial charge in [0.05, 0.1) is 39.7 Å². The number of benzene rings is 2. The van der Waals surface area contributed by atoms with Gasteiger partial charge in [-0.1, -0.05) is 18.2 Å². The molecule has 6 nitrogen and oxygen atoms in total. The van der Waals surface area contributed by atoms with Gasteiger partial charge >= 0.3 is 0 Å². The second-order valence-electron chi connectivity index (χ2n) is 8.78. The van der Waals surface area contributed by atoms with E-state index in [2.05, 4.69) is 31.2 Å². The minimum atomic E-state index is -0.0201. The number of likely N-dealkylation sites (N-methyl/N-ethyl adjacent to an activating group) is 1. The zero-order chi connectivity index (χ0) is 21.6. The first-order valence-corrected chi connectivity index (χ1v) is 10.6. The lowest BCUT2D eigenvalue weighted by Crippen LogP contribution is -2.48. The van der Waals surface area contributed by atoms with Crippen LogP contribution in [0.25, 0.3) is 17.0 Å². The summed E-state index contributed by atoms with van der Waals surface area (Å²) in [5, 5.41) is 1.11. The average molecular weight is 420 g/mol. The Hall–Kier alpha value is -3.25. The highest BCUT2D eigenvalue weighted by Crippen LogP contribution is 2.51. The number of hydrogen-bond acceptors (Lipinski definition) is 4. The SMILES string of the molecule is COc1c2c(cc3c1[C@@H](CC(=O)/C=C/c1c[nH]c4ccccc14)[N+](C)(C)CC3)OCO2. The van der Waals surface area contributed by atoms with E-state index in [0.29, 0.717) is 17.9 Å². The summed E-state index contributed by atoms with van der Waals surface area (Å²) in [7, 11) is 6.00. The number of quaternary nitrogens is 1. The summed E-state index contributed by atoms with van der Waals surface area (Å²) < 4.78 is 17.8. The second kappa shape index (κ2) is 7.46. The molecule has 0 bridgehead atoms. The molecular formula is C25H27N2O4+. The molecule has 0 saturated carbocycles. The number of nitrogens with one attached hydrogen (secondary N) is 1. The number of carbonyl (C=O) groups is 1. The van der Waals surface area contributed by atoms with Crippen molar-refractivity contribution in [3.8, 4) is 17.2 Å². The summed E-state index contributed by atoms with van der Waals surface area (Å²) in [5.74, 6) is 2.17. The fourth-order valence-electron chi connectivity index (χ4n) is 4.79. The van der Waals surface area contributed by atoms with E-state index >= 15 is 0 Å². The number of rotatable bonds is 5. The molecule has 0 fully saturated rings. The van der Waals surface area contributed by atoms with Crippen molar-refractivity contribution in [2.24, 2.45) is 0 Å². The summed E-state index contributed by atoms with van der Waals surface area (Å²) in [4.78, 5) is 16.3. The number of ketones is 1. The van der Waals surface area contributed by atoms with Gasteiger partial charge in [0.25, 0.3) is 0 Å². The molecule has 6 heteroatoms. The molecule has 2 aliphatic heterocycles. The van der Waals surface area contributed by atoms with Gasteiger partial charge in [-0.05, 0) is 35.4 Å².